The van der Waals surface area contributed by atoms with Gasteiger partial charge in [0.2, 0.25) is 5.91 Å². The number of fused-ring (bicyclic) bond motifs is 1. The molecule has 5 nitrogen and oxygen atoms in total. The monoisotopic (exact) mass is 374 g/mol. The molecule has 1 aliphatic rings. The summed E-state index contributed by atoms with van der Waals surface area (Å²) in [6.45, 7) is 1.32. The summed E-state index contributed by atoms with van der Waals surface area (Å²) in [5.74, 6) is 0.0965. The van der Waals surface area contributed by atoms with E-state index in [0.717, 1.165) is 30.5 Å². The van der Waals surface area contributed by atoms with Gasteiger partial charge < -0.3 is 5.32 Å². The number of nitrogens with zero attached hydrogens (tertiary/aromatic N) is 3. The maximum Gasteiger partial charge on any atom is 0.220 e. The molecule has 28 heavy (non-hydrogen) atoms. The first kappa shape index (κ1) is 18.4. The molecule has 5 heteroatoms. The van der Waals surface area contributed by atoms with Crippen LogP contribution in [0.1, 0.15) is 36.1 Å². The van der Waals surface area contributed by atoms with Crippen molar-refractivity contribution in [3.8, 4) is 11.3 Å². The Morgan fingerprint density at radius 1 is 1.04 bits per heavy atom. The first-order valence-corrected chi connectivity index (χ1v) is 10.1. The zero-order chi connectivity index (χ0) is 19.2. The van der Waals surface area contributed by atoms with E-state index in [4.69, 9.17) is 5.10 Å². The summed E-state index contributed by atoms with van der Waals surface area (Å²) in [7, 11) is 0. The molecule has 0 bridgehead atoms. The molecule has 3 aromatic rings. The Bertz CT molecular complexity index is 919. The molecule has 2 aromatic heterocycles. The smallest absolute Gasteiger partial charge is 0.220 e. The highest BCUT2D eigenvalue weighted by atomic mass is 16.1. The van der Waals surface area contributed by atoms with Crippen molar-refractivity contribution in [2.24, 2.45) is 0 Å². The first-order valence-electron chi connectivity index (χ1n) is 10.1. The average Bonchev–Trinajstić information content (AvgIpc) is 3.12. The van der Waals surface area contributed by atoms with E-state index < -0.39 is 0 Å². The number of rotatable bonds is 7. The highest BCUT2D eigenvalue weighted by Crippen LogP contribution is 2.30. The molecular formula is C23H26N4O. The van der Waals surface area contributed by atoms with Gasteiger partial charge in [0.1, 0.15) is 0 Å². The number of amides is 1. The van der Waals surface area contributed by atoms with Crippen LogP contribution in [-0.2, 0) is 30.6 Å². The van der Waals surface area contributed by atoms with Gasteiger partial charge in [-0.25, -0.2) is 0 Å². The SMILES string of the molecule is O=C(CCc1ccccc1)NCCn1nc(-c2ccncc2)c2c1CCCC2. The summed E-state index contributed by atoms with van der Waals surface area (Å²) in [5.41, 5.74) is 6.09. The van der Waals surface area contributed by atoms with Crippen LogP contribution in [0.15, 0.2) is 54.9 Å². The second-order valence-corrected chi connectivity index (χ2v) is 7.28. The third kappa shape index (κ3) is 4.30. The van der Waals surface area contributed by atoms with Crippen molar-refractivity contribution >= 4 is 5.91 Å². The Kier molecular flexibility index (Phi) is 5.80. The Hall–Kier alpha value is -2.95. The topological polar surface area (TPSA) is 59.8 Å². The van der Waals surface area contributed by atoms with Crippen LogP contribution >= 0.6 is 0 Å². The minimum Gasteiger partial charge on any atom is -0.354 e. The van der Waals surface area contributed by atoms with E-state index in [9.17, 15) is 4.79 Å². The summed E-state index contributed by atoms with van der Waals surface area (Å²) >= 11 is 0. The fourth-order valence-corrected chi connectivity index (χ4v) is 3.89. The molecule has 0 spiro atoms. The zero-order valence-electron chi connectivity index (χ0n) is 16.1. The van der Waals surface area contributed by atoms with E-state index in [-0.39, 0.29) is 5.91 Å². The van der Waals surface area contributed by atoms with Crippen LogP contribution < -0.4 is 5.32 Å². The quantitative estimate of drug-likeness (QED) is 0.688. The molecule has 144 valence electrons. The van der Waals surface area contributed by atoms with Crippen LogP contribution in [0.25, 0.3) is 11.3 Å². The lowest BCUT2D eigenvalue weighted by molar-refractivity contribution is -0.121. The summed E-state index contributed by atoms with van der Waals surface area (Å²) in [6, 6.07) is 14.2. The number of carbonyl (C=O) groups excluding carboxylic acids is 1. The second kappa shape index (κ2) is 8.83. The van der Waals surface area contributed by atoms with E-state index in [1.165, 1.54) is 29.7 Å². The molecule has 4 rings (SSSR count). The van der Waals surface area contributed by atoms with Crippen molar-refractivity contribution in [2.75, 3.05) is 6.54 Å². The van der Waals surface area contributed by atoms with Crippen LogP contribution in [0.3, 0.4) is 0 Å². The summed E-state index contributed by atoms with van der Waals surface area (Å²) in [4.78, 5) is 16.3. The summed E-state index contributed by atoms with van der Waals surface area (Å²) in [5, 5.41) is 7.94. The van der Waals surface area contributed by atoms with E-state index in [2.05, 4.69) is 27.1 Å². The second-order valence-electron chi connectivity index (χ2n) is 7.28. The van der Waals surface area contributed by atoms with Gasteiger partial charge in [-0.2, -0.15) is 5.10 Å². The van der Waals surface area contributed by atoms with Gasteiger partial charge in [0.15, 0.2) is 0 Å². The fraction of sp³-hybridized carbons (Fsp3) is 0.348. The molecular weight excluding hydrogens is 348 g/mol. The third-order valence-electron chi connectivity index (χ3n) is 5.34. The normalized spacial score (nSPS) is 13.1. The van der Waals surface area contributed by atoms with Gasteiger partial charge in [-0.05, 0) is 49.8 Å². The van der Waals surface area contributed by atoms with Crippen molar-refractivity contribution in [1.82, 2.24) is 20.1 Å². The molecule has 0 atom stereocenters. The molecule has 1 aliphatic carbocycles. The number of nitrogens with one attached hydrogen (secondary N) is 1. The van der Waals surface area contributed by atoms with Gasteiger partial charge in [0.25, 0.3) is 0 Å². The van der Waals surface area contributed by atoms with E-state index in [1.807, 2.05) is 42.7 Å². The lowest BCUT2D eigenvalue weighted by atomic mass is 9.94. The predicted octanol–water partition coefficient (Wildman–Crippen LogP) is 3.57. The molecule has 0 fully saturated rings. The Balaban J connectivity index is 1.37. The molecule has 0 radical (unpaired) electrons. The number of hydrogen-bond acceptors (Lipinski definition) is 3. The van der Waals surface area contributed by atoms with Crippen LogP contribution in [0, 0.1) is 0 Å². The molecule has 0 aliphatic heterocycles. The van der Waals surface area contributed by atoms with E-state index in [1.54, 1.807) is 0 Å². The Morgan fingerprint density at radius 3 is 2.64 bits per heavy atom. The van der Waals surface area contributed by atoms with Crippen molar-refractivity contribution in [2.45, 2.75) is 45.1 Å². The van der Waals surface area contributed by atoms with Gasteiger partial charge in [-0.1, -0.05) is 30.3 Å². The number of aromatic nitrogens is 3. The van der Waals surface area contributed by atoms with Crippen LogP contribution in [0.5, 0.6) is 0 Å². The fourth-order valence-electron chi connectivity index (χ4n) is 3.89. The molecule has 0 unspecified atom stereocenters. The molecule has 1 amide bonds. The van der Waals surface area contributed by atoms with Crippen LogP contribution in [0.2, 0.25) is 0 Å². The average molecular weight is 374 g/mol. The molecule has 1 N–H and O–H groups in total. The van der Waals surface area contributed by atoms with Gasteiger partial charge in [0, 0.05) is 42.2 Å². The lowest BCUT2D eigenvalue weighted by Crippen LogP contribution is -2.28. The summed E-state index contributed by atoms with van der Waals surface area (Å²) < 4.78 is 2.10. The van der Waals surface area contributed by atoms with Crippen molar-refractivity contribution in [3.05, 3.63) is 71.7 Å². The Morgan fingerprint density at radius 2 is 1.82 bits per heavy atom. The summed E-state index contributed by atoms with van der Waals surface area (Å²) in [6.07, 6.45) is 9.49. The highest BCUT2D eigenvalue weighted by Gasteiger charge is 2.21. The largest absolute Gasteiger partial charge is 0.354 e. The van der Waals surface area contributed by atoms with E-state index in [0.29, 0.717) is 19.5 Å². The van der Waals surface area contributed by atoms with E-state index >= 15 is 0 Å². The number of carbonyl (C=O) groups is 1. The number of benzene rings is 1. The number of pyridine rings is 1. The van der Waals surface area contributed by atoms with Gasteiger partial charge in [-0.3, -0.25) is 14.5 Å². The highest BCUT2D eigenvalue weighted by molar-refractivity contribution is 5.76. The zero-order valence-corrected chi connectivity index (χ0v) is 16.1. The van der Waals surface area contributed by atoms with Crippen molar-refractivity contribution in [1.29, 1.82) is 0 Å². The maximum atomic E-state index is 12.2. The number of hydrogen-bond donors (Lipinski definition) is 1. The standard InChI is InChI=1S/C23H26N4O/c28-22(11-10-18-6-2-1-3-7-18)25-16-17-27-21-9-5-4-8-20(21)23(26-27)19-12-14-24-15-13-19/h1-3,6-7,12-15H,4-5,8-11,16-17H2,(H,25,28). The minimum atomic E-state index is 0.0965. The van der Waals surface area contributed by atoms with Gasteiger partial charge >= 0.3 is 0 Å². The molecule has 0 saturated heterocycles. The van der Waals surface area contributed by atoms with Crippen molar-refractivity contribution in [3.63, 3.8) is 0 Å². The molecule has 1 aromatic carbocycles. The van der Waals surface area contributed by atoms with Crippen LogP contribution in [0.4, 0.5) is 0 Å². The van der Waals surface area contributed by atoms with Crippen LogP contribution in [-0.4, -0.2) is 27.2 Å². The van der Waals surface area contributed by atoms with Gasteiger partial charge in [-0.15, -0.1) is 0 Å². The number of aryl methyl sites for hydroxylation is 1. The van der Waals surface area contributed by atoms with Crippen molar-refractivity contribution < 1.29 is 4.79 Å². The third-order valence-corrected chi connectivity index (χ3v) is 5.34. The minimum absolute atomic E-state index is 0.0965. The molecule has 0 saturated carbocycles. The molecule has 2 heterocycles. The van der Waals surface area contributed by atoms with Gasteiger partial charge in [0.05, 0.1) is 12.2 Å². The Labute approximate surface area is 165 Å². The predicted molar refractivity (Wildman–Crippen MR) is 110 cm³/mol. The lowest BCUT2D eigenvalue weighted by Gasteiger charge is -2.14. The first-order chi connectivity index (χ1) is 13.8. The maximum absolute atomic E-state index is 12.2.